The van der Waals surface area contributed by atoms with Crippen molar-refractivity contribution >= 4 is 0 Å². The maximum Gasteiger partial charge on any atom is 0.123 e. The molecule has 0 heterocycles. The van der Waals surface area contributed by atoms with Crippen molar-refractivity contribution < 1.29 is 9.50 Å². The first-order valence-corrected chi connectivity index (χ1v) is 7.72. The van der Waals surface area contributed by atoms with Crippen LogP contribution in [0.5, 0.6) is 0 Å². The van der Waals surface area contributed by atoms with Gasteiger partial charge < -0.3 is 5.11 Å². The molecule has 0 bridgehead atoms. The molecule has 1 fully saturated rings. The van der Waals surface area contributed by atoms with Crippen molar-refractivity contribution in [1.82, 2.24) is 0 Å². The molecule has 1 aliphatic rings. The maximum atomic E-state index is 13.5. The maximum absolute atomic E-state index is 13.5. The van der Waals surface area contributed by atoms with Gasteiger partial charge in [-0.05, 0) is 54.0 Å². The summed E-state index contributed by atoms with van der Waals surface area (Å²) in [4.78, 5) is 0. The Morgan fingerprint density at radius 3 is 2.33 bits per heavy atom. The molecule has 0 radical (unpaired) electrons. The molecule has 2 heteroatoms. The lowest BCUT2D eigenvalue weighted by Crippen LogP contribution is -2.27. The average Bonchev–Trinajstić information content (AvgIpc) is 2.45. The van der Waals surface area contributed by atoms with Crippen LogP contribution in [0.3, 0.4) is 0 Å². The van der Waals surface area contributed by atoms with E-state index in [1.54, 1.807) is 12.1 Å². The van der Waals surface area contributed by atoms with Gasteiger partial charge in [0.25, 0.3) is 0 Å². The Bertz CT molecular complexity index is 633. The molecule has 2 aromatic carbocycles. The minimum absolute atomic E-state index is 0.311. The van der Waals surface area contributed by atoms with Gasteiger partial charge in [-0.25, -0.2) is 4.39 Å². The van der Waals surface area contributed by atoms with Gasteiger partial charge in [-0.1, -0.05) is 49.7 Å². The van der Waals surface area contributed by atoms with Crippen LogP contribution in [-0.4, -0.2) is 5.11 Å². The van der Waals surface area contributed by atoms with Gasteiger partial charge in [0.05, 0.1) is 0 Å². The molecule has 0 spiro atoms. The van der Waals surface area contributed by atoms with Crippen molar-refractivity contribution in [3.63, 3.8) is 0 Å². The Kier molecular flexibility index (Phi) is 3.81. The van der Waals surface area contributed by atoms with Crippen molar-refractivity contribution in [3.8, 4) is 0 Å². The van der Waals surface area contributed by atoms with Gasteiger partial charge in [-0.15, -0.1) is 0 Å². The van der Waals surface area contributed by atoms with Crippen LogP contribution in [0.1, 0.15) is 55.2 Å². The van der Waals surface area contributed by atoms with Crippen LogP contribution in [0.15, 0.2) is 48.5 Å². The summed E-state index contributed by atoms with van der Waals surface area (Å²) in [7, 11) is 0. The molecule has 110 valence electrons. The number of hydrogen-bond donors (Lipinski definition) is 1. The Balaban J connectivity index is 2.02. The summed E-state index contributed by atoms with van der Waals surface area (Å²) in [6.45, 7) is 1.93. The van der Waals surface area contributed by atoms with Crippen LogP contribution in [0.2, 0.25) is 0 Å². The van der Waals surface area contributed by atoms with Gasteiger partial charge in [-0.2, -0.15) is 0 Å². The van der Waals surface area contributed by atoms with Crippen molar-refractivity contribution in [1.29, 1.82) is 0 Å². The topological polar surface area (TPSA) is 20.2 Å². The number of aliphatic hydroxyl groups is 1. The molecule has 0 aliphatic heterocycles. The molecule has 1 N–H and O–H groups in total. The molecule has 0 amide bonds. The van der Waals surface area contributed by atoms with Crippen LogP contribution in [-0.2, 0) is 5.60 Å². The second kappa shape index (κ2) is 5.61. The summed E-state index contributed by atoms with van der Waals surface area (Å²) in [6.07, 6.45) is 4.27. The molecule has 1 atom stereocenters. The fraction of sp³-hybridized carbons (Fsp3) is 0.368. The lowest BCUT2D eigenvalue weighted by molar-refractivity contribution is 0.0760. The normalized spacial score (nSPS) is 18.0. The standard InChI is InChI=1S/C19H21FO/c1-2-19(21,17-10-5-11-18(20)13-17)16-9-4-8-15(12-16)14-6-3-7-14/h4-5,8-14,21H,2-3,6-7H2,1H3. The Labute approximate surface area is 125 Å². The highest BCUT2D eigenvalue weighted by Gasteiger charge is 2.31. The Hall–Kier alpha value is -1.67. The summed E-state index contributed by atoms with van der Waals surface area (Å²) in [6, 6.07) is 14.5. The van der Waals surface area contributed by atoms with E-state index in [-0.39, 0.29) is 5.82 Å². The molecule has 1 saturated carbocycles. The van der Waals surface area contributed by atoms with Gasteiger partial charge in [0, 0.05) is 0 Å². The number of rotatable bonds is 4. The third-order valence-electron chi connectivity index (χ3n) is 4.75. The van der Waals surface area contributed by atoms with Crippen molar-refractivity contribution in [3.05, 3.63) is 71.0 Å². The van der Waals surface area contributed by atoms with E-state index in [1.807, 2.05) is 19.1 Å². The van der Waals surface area contributed by atoms with Gasteiger partial charge in [0.15, 0.2) is 0 Å². The summed E-state index contributed by atoms with van der Waals surface area (Å²) < 4.78 is 13.5. The van der Waals surface area contributed by atoms with E-state index in [0.717, 1.165) is 5.56 Å². The Morgan fingerprint density at radius 1 is 1.10 bits per heavy atom. The summed E-state index contributed by atoms with van der Waals surface area (Å²) in [5.41, 5.74) is 1.65. The highest BCUT2D eigenvalue weighted by molar-refractivity contribution is 5.39. The van der Waals surface area contributed by atoms with Crippen molar-refractivity contribution in [2.45, 2.75) is 44.1 Å². The van der Waals surface area contributed by atoms with Crippen LogP contribution in [0, 0.1) is 5.82 Å². The van der Waals surface area contributed by atoms with E-state index in [0.29, 0.717) is 17.9 Å². The molecular formula is C19H21FO. The van der Waals surface area contributed by atoms with Crippen LogP contribution in [0.25, 0.3) is 0 Å². The second-order valence-corrected chi connectivity index (χ2v) is 5.98. The van der Waals surface area contributed by atoms with Crippen molar-refractivity contribution in [2.24, 2.45) is 0 Å². The summed E-state index contributed by atoms with van der Waals surface area (Å²) in [5, 5.41) is 11.1. The SMILES string of the molecule is CCC(O)(c1cccc(F)c1)c1cccc(C2CCC2)c1. The monoisotopic (exact) mass is 284 g/mol. The fourth-order valence-electron chi connectivity index (χ4n) is 3.11. The van der Waals surface area contributed by atoms with Gasteiger partial charge in [0.1, 0.15) is 11.4 Å². The molecule has 21 heavy (non-hydrogen) atoms. The first kappa shape index (κ1) is 14.3. The molecule has 3 rings (SSSR count). The van der Waals surface area contributed by atoms with Crippen molar-refractivity contribution in [2.75, 3.05) is 0 Å². The highest BCUT2D eigenvalue weighted by atomic mass is 19.1. The minimum atomic E-state index is -1.12. The molecule has 2 aromatic rings. The lowest BCUT2D eigenvalue weighted by atomic mass is 9.77. The predicted molar refractivity (Wildman–Crippen MR) is 82.7 cm³/mol. The van der Waals surface area contributed by atoms with Crippen LogP contribution < -0.4 is 0 Å². The molecule has 1 aliphatic carbocycles. The molecule has 0 saturated heterocycles. The quantitative estimate of drug-likeness (QED) is 0.860. The van der Waals surface area contributed by atoms with E-state index in [4.69, 9.17) is 0 Å². The van der Waals surface area contributed by atoms with Crippen LogP contribution in [0.4, 0.5) is 4.39 Å². The smallest absolute Gasteiger partial charge is 0.123 e. The number of benzene rings is 2. The molecule has 0 aromatic heterocycles. The zero-order valence-electron chi connectivity index (χ0n) is 12.3. The van der Waals surface area contributed by atoms with E-state index < -0.39 is 5.60 Å². The van der Waals surface area contributed by atoms with Crippen LogP contribution >= 0.6 is 0 Å². The summed E-state index contributed by atoms with van der Waals surface area (Å²) in [5.74, 6) is 0.313. The van der Waals surface area contributed by atoms with Gasteiger partial charge >= 0.3 is 0 Å². The number of hydrogen-bond acceptors (Lipinski definition) is 1. The lowest BCUT2D eigenvalue weighted by Gasteiger charge is -2.31. The molecule has 1 nitrogen and oxygen atoms in total. The van der Waals surface area contributed by atoms with E-state index in [2.05, 4.69) is 12.1 Å². The highest BCUT2D eigenvalue weighted by Crippen LogP contribution is 2.39. The summed E-state index contributed by atoms with van der Waals surface area (Å²) >= 11 is 0. The zero-order chi connectivity index (χ0) is 14.9. The molecule has 1 unspecified atom stereocenters. The van der Waals surface area contributed by atoms with Gasteiger partial charge in [-0.3, -0.25) is 0 Å². The van der Waals surface area contributed by atoms with E-state index in [1.165, 1.54) is 37.0 Å². The predicted octanol–water partition coefficient (Wildman–Crippen LogP) is 4.74. The first-order valence-electron chi connectivity index (χ1n) is 7.72. The first-order chi connectivity index (χ1) is 10.1. The third-order valence-corrected chi connectivity index (χ3v) is 4.75. The zero-order valence-corrected chi connectivity index (χ0v) is 12.3. The fourth-order valence-corrected chi connectivity index (χ4v) is 3.11. The largest absolute Gasteiger partial charge is 0.380 e. The molecular weight excluding hydrogens is 263 g/mol. The third kappa shape index (κ3) is 2.60. The van der Waals surface area contributed by atoms with Gasteiger partial charge in [0.2, 0.25) is 0 Å². The van der Waals surface area contributed by atoms with E-state index >= 15 is 0 Å². The number of halogens is 1. The average molecular weight is 284 g/mol. The van der Waals surface area contributed by atoms with E-state index in [9.17, 15) is 9.50 Å². The Morgan fingerprint density at radius 2 is 1.76 bits per heavy atom. The second-order valence-electron chi connectivity index (χ2n) is 5.98. The minimum Gasteiger partial charge on any atom is -0.380 e.